The second kappa shape index (κ2) is 3.61. The number of nitriles is 1. The van der Waals surface area contributed by atoms with Gasteiger partial charge in [0.15, 0.2) is 10.3 Å². The minimum Gasteiger partial charge on any atom is -0.347 e. The van der Waals surface area contributed by atoms with Gasteiger partial charge in [0.2, 0.25) is 0 Å². The summed E-state index contributed by atoms with van der Waals surface area (Å²) in [7, 11) is 0. The molecule has 3 nitrogen and oxygen atoms in total. The molecule has 4 fully saturated rings. The molecule has 94 valence electrons. The van der Waals surface area contributed by atoms with Gasteiger partial charge >= 0.3 is 0 Å². The van der Waals surface area contributed by atoms with Crippen LogP contribution in [0.3, 0.4) is 0 Å². The summed E-state index contributed by atoms with van der Waals surface area (Å²) in [6.07, 6.45) is 5.88. The van der Waals surface area contributed by atoms with Crippen molar-refractivity contribution in [1.82, 2.24) is 4.98 Å². The van der Waals surface area contributed by atoms with Gasteiger partial charge in [-0.05, 0) is 42.9 Å². The number of aromatic nitrogens is 1. The number of hydrogen-bond donors (Lipinski definition) is 0. The minimum absolute atomic E-state index is 0.361. The summed E-state index contributed by atoms with van der Waals surface area (Å²) < 4.78 is 0. The van der Waals surface area contributed by atoms with E-state index in [-0.39, 0.29) is 0 Å². The molecule has 0 amide bonds. The molecule has 18 heavy (non-hydrogen) atoms. The van der Waals surface area contributed by atoms with Crippen molar-refractivity contribution in [3.05, 3.63) is 10.0 Å². The molecule has 3 saturated carbocycles. The lowest BCUT2D eigenvalue weighted by atomic mass is 9.42. The Balaban J connectivity index is 1.36. The molecular formula is C13H14ClN3S. The molecular weight excluding hydrogens is 266 g/mol. The first kappa shape index (κ1) is 11.1. The third-order valence-electron chi connectivity index (χ3n) is 4.79. The standard InChI is InChI=1S/C13H14ClN3S/c14-11-10(5-15)18-12(16-11)17-6-9(7-17)4-13-1-8(2-13)3-13/h8-9H,1-4,6-7H2. The molecule has 0 N–H and O–H groups in total. The van der Waals surface area contributed by atoms with Crippen LogP contribution in [0.15, 0.2) is 0 Å². The zero-order chi connectivity index (χ0) is 12.3. The molecule has 2 heterocycles. The van der Waals surface area contributed by atoms with Crippen molar-refractivity contribution >= 4 is 28.1 Å². The predicted octanol–water partition coefficient (Wildman–Crippen LogP) is 3.29. The lowest BCUT2D eigenvalue weighted by Crippen LogP contribution is -2.57. The Bertz CT molecular complexity index is 524. The van der Waals surface area contributed by atoms with Gasteiger partial charge in [-0.2, -0.15) is 5.26 Å². The van der Waals surface area contributed by atoms with Crippen LogP contribution >= 0.6 is 22.9 Å². The largest absolute Gasteiger partial charge is 0.347 e. The second-order valence-electron chi connectivity index (χ2n) is 6.18. The van der Waals surface area contributed by atoms with Crippen molar-refractivity contribution in [2.24, 2.45) is 17.3 Å². The van der Waals surface area contributed by atoms with E-state index in [1.807, 2.05) is 0 Å². The second-order valence-corrected chi connectivity index (χ2v) is 7.52. The lowest BCUT2D eigenvalue weighted by molar-refractivity contribution is -0.124. The maximum Gasteiger partial charge on any atom is 0.188 e. The molecule has 1 aliphatic heterocycles. The van der Waals surface area contributed by atoms with Crippen LogP contribution < -0.4 is 4.90 Å². The maximum atomic E-state index is 8.87. The van der Waals surface area contributed by atoms with E-state index in [0.717, 1.165) is 35.5 Å². The number of anilines is 1. The van der Waals surface area contributed by atoms with Gasteiger partial charge in [0.25, 0.3) is 0 Å². The highest BCUT2D eigenvalue weighted by atomic mass is 35.5. The molecule has 1 aromatic rings. The normalized spacial score (nSPS) is 33.3. The van der Waals surface area contributed by atoms with Crippen LogP contribution in [0, 0.1) is 28.6 Å². The minimum atomic E-state index is 0.361. The average molecular weight is 280 g/mol. The molecule has 0 spiro atoms. The van der Waals surface area contributed by atoms with E-state index in [9.17, 15) is 0 Å². The summed E-state index contributed by atoms with van der Waals surface area (Å²) in [5.41, 5.74) is 0.750. The topological polar surface area (TPSA) is 39.9 Å². The smallest absolute Gasteiger partial charge is 0.188 e. The first-order valence-electron chi connectivity index (χ1n) is 6.49. The fourth-order valence-electron chi connectivity index (χ4n) is 3.87. The third-order valence-corrected chi connectivity index (χ3v) is 6.20. The highest BCUT2D eigenvalue weighted by Gasteiger charge is 2.57. The number of nitrogens with zero attached hydrogens (tertiary/aromatic N) is 3. The summed E-state index contributed by atoms with van der Waals surface area (Å²) in [6, 6.07) is 2.09. The van der Waals surface area contributed by atoms with E-state index >= 15 is 0 Å². The highest BCUT2D eigenvalue weighted by molar-refractivity contribution is 7.16. The van der Waals surface area contributed by atoms with E-state index in [1.54, 1.807) is 0 Å². The molecule has 0 unspecified atom stereocenters. The quantitative estimate of drug-likeness (QED) is 0.852. The Hall–Kier alpha value is -0.790. The summed E-state index contributed by atoms with van der Waals surface area (Å²) in [6.45, 7) is 2.20. The monoisotopic (exact) mass is 279 g/mol. The van der Waals surface area contributed by atoms with E-state index < -0.39 is 0 Å². The van der Waals surface area contributed by atoms with Crippen LogP contribution in [0.1, 0.15) is 30.6 Å². The van der Waals surface area contributed by atoms with Gasteiger partial charge in [0, 0.05) is 13.1 Å². The van der Waals surface area contributed by atoms with Gasteiger partial charge < -0.3 is 4.90 Å². The van der Waals surface area contributed by atoms with Crippen molar-refractivity contribution in [2.75, 3.05) is 18.0 Å². The molecule has 1 saturated heterocycles. The molecule has 4 aliphatic rings. The Morgan fingerprint density at radius 1 is 1.44 bits per heavy atom. The molecule has 5 heteroatoms. The van der Waals surface area contributed by atoms with Gasteiger partial charge in [-0.15, -0.1) is 0 Å². The first-order chi connectivity index (χ1) is 8.67. The molecule has 2 bridgehead atoms. The van der Waals surface area contributed by atoms with E-state index in [4.69, 9.17) is 16.9 Å². The van der Waals surface area contributed by atoms with E-state index in [2.05, 4.69) is 16.0 Å². The van der Waals surface area contributed by atoms with Crippen LogP contribution in [0.25, 0.3) is 0 Å². The molecule has 0 aromatic carbocycles. The molecule has 5 rings (SSSR count). The van der Waals surface area contributed by atoms with Crippen LogP contribution in [0.2, 0.25) is 5.15 Å². The van der Waals surface area contributed by atoms with Crippen molar-refractivity contribution in [3.63, 3.8) is 0 Å². The summed E-state index contributed by atoms with van der Waals surface area (Å²) in [5.74, 6) is 1.91. The molecule has 3 aliphatic carbocycles. The third kappa shape index (κ3) is 1.50. The predicted molar refractivity (Wildman–Crippen MR) is 71.9 cm³/mol. The van der Waals surface area contributed by atoms with Gasteiger partial charge in [0.05, 0.1) is 0 Å². The molecule has 0 radical (unpaired) electrons. The Morgan fingerprint density at radius 2 is 2.17 bits per heavy atom. The zero-order valence-electron chi connectivity index (χ0n) is 10.0. The average Bonchev–Trinajstić information content (AvgIpc) is 2.52. The summed E-state index contributed by atoms with van der Waals surface area (Å²) in [4.78, 5) is 7.06. The van der Waals surface area contributed by atoms with Crippen LogP contribution in [0.5, 0.6) is 0 Å². The SMILES string of the molecule is N#Cc1sc(N2CC(CC34CC(C3)C4)C2)nc1Cl. The van der Waals surface area contributed by atoms with Gasteiger partial charge in [-0.1, -0.05) is 22.9 Å². The molecule has 0 atom stereocenters. The van der Waals surface area contributed by atoms with Crippen molar-refractivity contribution in [2.45, 2.75) is 25.7 Å². The Kier molecular flexibility index (Phi) is 2.22. The van der Waals surface area contributed by atoms with E-state index in [1.165, 1.54) is 37.0 Å². The van der Waals surface area contributed by atoms with Gasteiger partial charge in [0.1, 0.15) is 10.9 Å². The zero-order valence-corrected chi connectivity index (χ0v) is 11.6. The van der Waals surface area contributed by atoms with Gasteiger partial charge in [-0.25, -0.2) is 4.98 Å². The first-order valence-corrected chi connectivity index (χ1v) is 7.68. The number of thiazole rings is 1. The summed E-state index contributed by atoms with van der Waals surface area (Å²) >= 11 is 7.32. The Labute approximate surface area is 115 Å². The Morgan fingerprint density at radius 3 is 2.67 bits per heavy atom. The fraction of sp³-hybridized carbons (Fsp3) is 0.692. The molecule has 1 aromatic heterocycles. The van der Waals surface area contributed by atoms with Crippen molar-refractivity contribution in [3.8, 4) is 6.07 Å². The van der Waals surface area contributed by atoms with Crippen LogP contribution in [-0.2, 0) is 0 Å². The van der Waals surface area contributed by atoms with Crippen molar-refractivity contribution < 1.29 is 0 Å². The van der Waals surface area contributed by atoms with Crippen LogP contribution in [-0.4, -0.2) is 18.1 Å². The maximum absolute atomic E-state index is 8.87. The van der Waals surface area contributed by atoms with E-state index in [0.29, 0.717) is 10.0 Å². The van der Waals surface area contributed by atoms with Gasteiger partial charge in [-0.3, -0.25) is 0 Å². The van der Waals surface area contributed by atoms with Crippen molar-refractivity contribution in [1.29, 1.82) is 5.26 Å². The fourth-order valence-corrected chi connectivity index (χ4v) is 4.93. The summed E-state index contributed by atoms with van der Waals surface area (Å²) in [5, 5.41) is 10.2. The number of rotatable bonds is 3. The highest BCUT2D eigenvalue weighted by Crippen LogP contribution is 2.67. The lowest BCUT2D eigenvalue weighted by Gasteiger charge is -2.64. The van der Waals surface area contributed by atoms with Crippen LogP contribution in [0.4, 0.5) is 5.13 Å². The number of halogens is 1. The number of hydrogen-bond acceptors (Lipinski definition) is 4.